The van der Waals surface area contributed by atoms with E-state index in [2.05, 4.69) is 0 Å². The maximum atomic E-state index is 14.2. The number of nitrogens with zero attached hydrogens (tertiary/aromatic N) is 2. The number of carbonyl (C=O) groups is 2. The van der Waals surface area contributed by atoms with Crippen molar-refractivity contribution >= 4 is 35.2 Å². The Balaban J connectivity index is 1.90. The molecule has 0 unspecified atom stereocenters. The number of hydrogen-bond donors (Lipinski definition) is 2. The van der Waals surface area contributed by atoms with E-state index in [0.29, 0.717) is 18.4 Å². The van der Waals surface area contributed by atoms with Crippen molar-refractivity contribution in [2.75, 3.05) is 6.54 Å². The van der Waals surface area contributed by atoms with Crippen molar-refractivity contribution in [1.29, 1.82) is 0 Å². The van der Waals surface area contributed by atoms with Gasteiger partial charge in [0.2, 0.25) is 0 Å². The SMILES string of the molecule is CC(C)(C)[C@]1([C@@H](O)CCc2ccccc2)N(C(=O)O)C(=O)[C@H](c2c(Cl)cccc2Cl)N1CCc1ccccc1. The number of benzene rings is 3. The van der Waals surface area contributed by atoms with Gasteiger partial charge in [-0.3, -0.25) is 9.69 Å². The maximum Gasteiger partial charge on any atom is 0.415 e. The number of rotatable bonds is 8. The Morgan fingerprint density at radius 2 is 1.41 bits per heavy atom. The fourth-order valence-corrected chi connectivity index (χ4v) is 6.59. The summed E-state index contributed by atoms with van der Waals surface area (Å²) in [5, 5.41) is 23.1. The highest BCUT2D eigenvalue weighted by Gasteiger charge is 2.68. The van der Waals surface area contributed by atoms with Gasteiger partial charge in [0.05, 0.1) is 6.10 Å². The molecule has 1 aliphatic rings. The van der Waals surface area contributed by atoms with E-state index in [9.17, 15) is 19.8 Å². The fourth-order valence-electron chi connectivity index (χ4n) is 5.99. The van der Waals surface area contributed by atoms with Crippen molar-refractivity contribution in [3.05, 3.63) is 106 Å². The normalized spacial score (nSPS) is 20.8. The lowest BCUT2D eigenvalue weighted by Gasteiger charge is -2.53. The van der Waals surface area contributed by atoms with E-state index in [1.165, 1.54) is 0 Å². The van der Waals surface area contributed by atoms with E-state index in [1.807, 2.05) is 86.3 Å². The molecular weight excluding hydrogens is 535 g/mol. The number of aliphatic hydroxyl groups is 1. The van der Waals surface area contributed by atoms with E-state index in [1.54, 1.807) is 18.2 Å². The Morgan fingerprint density at radius 3 is 1.90 bits per heavy atom. The summed E-state index contributed by atoms with van der Waals surface area (Å²) in [4.78, 5) is 29.8. The quantitative estimate of drug-likeness (QED) is 0.311. The zero-order valence-electron chi connectivity index (χ0n) is 22.3. The third-order valence-electron chi connectivity index (χ3n) is 7.61. The number of hydrogen-bond acceptors (Lipinski definition) is 4. The number of aryl methyl sites for hydroxylation is 1. The number of halogens is 2. The summed E-state index contributed by atoms with van der Waals surface area (Å²) in [6.07, 6.45) is -1.37. The molecule has 0 bridgehead atoms. The van der Waals surface area contributed by atoms with Crippen LogP contribution in [0.3, 0.4) is 0 Å². The molecule has 3 aromatic rings. The molecule has 206 valence electrons. The second kappa shape index (κ2) is 11.7. The summed E-state index contributed by atoms with van der Waals surface area (Å²) in [6, 6.07) is 23.3. The Hall–Kier alpha value is -2.90. The fraction of sp³-hybridized carbons (Fsp3) is 0.355. The summed E-state index contributed by atoms with van der Waals surface area (Å²) in [5.41, 5.74) is -0.132. The molecular formula is C31H34Cl2N2O4. The molecule has 1 fully saturated rings. The number of carbonyl (C=O) groups excluding carboxylic acids is 1. The Morgan fingerprint density at radius 1 is 0.897 bits per heavy atom. The highest BCUT2D eigenvalue weighted by atomic mass is 35.5. The first-order valence-electron chi connectivity index (χ1n) is 13.0. The van der Waals surface area contributed by atoms with Gasteiger partial charge in [0, 0.05) is 27.6 Å². The van der Waals surface area contributed by atoms with Crippen molar-refractivity contribution in [3.8, 4) is 0 Å². The summed E-state index contributed by atoms with van der Waals surface area (Å²) < 4.78 is 0. The molecule has 2 amide bonds. The van der Waals surface area contributed by atoms with Crippen LogP contribution in [0.2, 0.25) is 10.0 Å². The molecule has 0 spiro atoms. The second-order valence-corrected chi connectivity index (χ2v) is 11.8. The molecule has 8 heteroatoms. The van der Waals surface area contributed by atoms with Gasteiger partial charge in [-0.05, 0) is 42.5 Å². The van der Waals surface area contributed by atoms with Crippen molar-refractivity contribution in [3.63, 3.8) is 0 Å². The molecule has 0 radical (unpaired) electrons. The zero-order valence-corrected chi connectivity index (χ0v) is 23.9. The lowest BCUT2D eigenvalue weighted by Crippen LogP contribution is -2.70. The summed E-state index contributed by atoms with van der Waals surface area (Å²) in [6.45, 7) is 5.85. The lowest BCUT2D eigenvalue weighted by molar-refractivity contribution is -0.158. The van der Waals surface area contributed by atoms with Gasteiger partial charge < -0.3 is 10.2 Å². The monoisotopic (exact) mass is 568 g/mol. The zero-order chi connectivity index (χ0) is 28.4. The van der Waals surface area contributed by atoms with Crippen molar-refractivity contribution < 1.29 is 19.8 Å². The maximum absolute atomic E-state index is 14.2. The summed E-state index contributed by atoms with van der Waals surface area (Å²) >= 11 is 13.2. The minimum atomic E-state index is -1.60. The second-order valence-electron chi connectivity index (χ2n) is 10.9. The number of amides is 2. The third kappa shape index (κ3) is 5.44. The number of aliphatic hydroxyl groups excluding tert-OH is 1. The first-order chi connectivity index (χ1) is 18.5. The molecule has 0 saturated carbocycles. The first-order valence-corrected chi connectivity index (χ1v) is 13.8. The molecule has 0 aromatic heterocycles. The van der Waals surface area contributed by atoms with Gasteiger partial charge in [-0.15, -0.1) is 0 Å². The van der Waals surface area contributed by atoms with Crippen LogP contribution < -0.4 is 0 Å². The van der Waals surface area contributed by atoms with Crippen LogP contribution in [0.25, 0.3) is 0 Å². The van der Waals surface area contributed by atoms with Crippen LogP contribution in [-0.2, 0) is 17.6 Å². The van der Waals surface area contributed by atoms with E-state index in [-0.39, 0.29) is 23.0 Å². The van der Waals surface area contributed by atoms with E-state index in [4.69, 9.17) is 23.2 Å². The van der Waals surface area contributed by atoms with Crippen LogP contribution in [0.15, 0.2) is 78.9 Å². The predicted octanol–water partition coefficient (Wildman–Crippen LogP) is 6.84. The Kier molecular flexibility index (Phi) is 8.72. The predicted molar refractivity (Wildman–Crippen MR) is 154 cm³/mol. The van der Waals surface area contributed by atoms with Gasteiger partial charge in [0.15, 0.2) is 0 Å². The van der Waals surface area contributed by atoms with E-state index >= 15 is 0 Å². The van der Waals surface area contributed by atoms with Gasteiger partial charge in [0.1, 0.15) is 11.7 Å². The van der Waals surface area contributed by atoms with Crippen LogP contribution in [-0.4, -0.2) is 50.3 Å². The molecule has 3 atom stereocenters. The smallest absolute Gasteiger partial charge is 0.415 e. The largest absolute Gasteiger partial charge is 0.465 e. The van der Waals surface area contributed by atoms with Gasteiger partial charge in [0.25, 0.3) is 5.91 Å². The minimum Gasteiger partial charge on any atom is -0.465 e. The van der Waals surface area contributed by atoms with Crippen molar-refractivity contribution in [2.45, 2.75) is 57.8 Å². The molecule has 0 aliphatic carbocycles. The molecule has 1 saturated heterocycles. The average molecular weight is 570 g/mol. The van der Waals surface area contributed by atoms with Crippen LogP contribution in [0.5, 0.6) is 0 Å². The van der Waals surface area contributed by atoms with E-state index in [0.717, 1.165) is 16.0 Å². The molecule has 2 N–H and O–H groups in total. The Bertz CT molecular complexity index is 1290. The van der Waals surface area contributed by atoms with Gasteiger partial charge in [-0.1, -0.05) is 111 Å². The average Bonchev–Trinajstić information content (AvgIpc) is 3.16. The summed E-state index contributed by atoms with van der Waals surface area (Å²) in [7, 11) is 0. The van der Waals surface area contributed by atoms with Crippen LogP contribution in [0, 0.1) is 5.41 Å². The highest BCUT2D eigenvalue weighted by molar-refractivity contribution is 6.36. The van der Waals surface area contributed by atoms with Crippen molar-refractivity contribution in [2.24, 2.45) is 5.41 Å². The number of imide groups is 1. The number of carboxylic acid groups (broad SMARTS) is 1. The molecule has 3 aromatic carbocycles. The highest BCUT2D eigenvalue weighted by Crippen LogP contribution is 2.54. The van der Waals surface area contributed by atoms with E-state index < -0.39 is 35.2 Å². The standard InChI is InChI=1S/C31H34Cl2N2O4/c1-30(2,3)31(25(36)18-17-21-11-6-4-7-12-21)34(20-19-22-13-8-5-9-14-22)27(28(37)35(31)29(38)39)26-23(32)15-10-16-24(26)33/h4-16,25,27,36H,17-20H2,1-3H3,(H,38,39)/t25-,27-,31-/m0/s1. The van der Waals surface area contributed by atoms with Crippen molar-refractivity contribution in [1.82, 2.24) is 9.80 Å². The topological polar surface area (TPSA) is 81.1 Å². The third-order valence-corrected chi connectivity index (χ3v) is 8.27. The van der Waals surface area contributed by atoms with Gasteiger partial charge in [-0.2, -0.15) is 0 Å². The molecule has 4 rings (SSSR count). The van der Waals surface area contributed by atoms with Crippen LogP contribution >= 0.6 is 23.2 Å². The molecule has 1 aliphatic heterocycles. The molecule has 6 nitrogen and oxygen atoms in total. The first kappa shape index (κ1) is 29.1. The minimum absolute atomic E-state index is 0.239. The van der Waals surface area contributed by atoms with Crippen LogP contribution in [0.4, 0.5) is 4.79 Å². The molecule has 39 heavy (non-hydrogen) atoms. The Labute approximate surface area is 239 Å². The van der Waals surface area contributed by atoms with Gasteiger partial charge >= 0.3 is 6.09 Å². The molecule has 1 heterocycles. The summed E-state index contributed by atoms with van der Waals surface area (Å²) in [5.74, 6) is -0.681. The lowest BCUT2D eigenvalue weighted by atomic mass is 9.73. The van der Waals surface area contributed by atoms with Crippen LogP contribution in [0.1, 0.15) is 49.9 Å². The van der Waals surface area contributed by atoms with Gasteiger partial charge in [-0.25, -0.2) is 9.69 Å².